The summed E-state index contributed by atoms with van der Waals surface area (Å²) in [5.41, 5.74) is 0.287. The Morgan fingerprint density at radius 3 is 2.61 bits per heavy atom. The van der Waals surface area contributed by atoms with Crippen LogP contribution >= 0.6 is 11.6 Å². The van der Waals surface area contributed by atoms with Crippen LogP contribution in [0.1, 0.15) is 38.1 Å². The third-order valence-corrected chi connectivity index (χ3v) is 3.43. The number of pyridine rings is 1. The maximum Gasteiger partial charge on any atom is 0.337 e. The van der Waals surface area contributed by atoms with Crippen molar-refractivity contribution in [2.24, 2.45) is 11.3 Å². The van der Waals surface area contributed by atoms with Gasteiger partial charge >= 0.3 is 5.97 Å². The number of rotatable bonds is 4. The molecule has 100 valence electrons. The van der Waals surface area contributed by atoms with Crippen molar-refractivity contribution in [3.63, 3.8) is 0 Å². The SMILES string of the molecule is CC(CNc1ncc(C(=O)O)cc1Cl)C(C)(C)C. The van der Waals surface area contributed by atoms with Crippen LogP contribution in [0, 0.1) is 11.3 Å². The highest BCUT2D eigenvalue weighted by Gasteiger charge is 2.20. The lowest BCUT2D eigenvalue weighted by molar-refractivity contribution is 0.0696. The Kier molecular flexibility index (Phi) is 4.57. The maximum atomic E-state index is 10.7. The van der Waals surface area contributed by atoms with Gasteiger partial charge in [0.1, 0.15) is 5.82 Å². The third kappa shape index (κ3) is 3.88. The van der Waals surface area contributed by atoms with E-state index in [2.05, 4.69) is 38.0 Å². The average Bonchev–Trinajstić information content (AvgIpc) is 2.25. The normalized spacial score (nSPS) is 13.2. The predicted molar refractivity (Wildman–Crippen MR) is 73.3 cm³/mol. The Morgan fingerprint density at radius 1 is 1.56 bits per heavy atom. The first kappa shape index (κ1) is 14.8. The van der Waals surface area contributed by atoms with E-state index in [1.54, 1.807) is 0 Å². The van der Waals surface area contributed by atoms with Gasteiger partial charge in [-0.05, 0) is 17.4 Å². The van der Waals surface area contributed by atoms with Gasteiger partial charge in [0.15, 0.2) is 0 Å². The molecule has 0 saturated carbocycles. The van der Waals surface area contributed by atoms with Crippen molar-refractivity contribution in [1.29, 1.82) is 0 Å². The molecule has 1 atom stereocenters. The van der Waals surface area contributed by atoms with E-state index < -0.39 is 5.97 Å². The van der Waals surface area contributed by atoms with E-state index in [4.69, 9.17) is 16.7 Å². The van der Waals surface area contributed by atoms with Crippen LogP contribution in [0.5, 0.6) is 0 Å². The van der Waals surface area contributed by atoms with Crippen LogP contribution in [0.2, 0.25) is 5.02 Å². The van der Waals surface area contributed by atoms with Crippen LogP contribution in [0.15, 0.2) is 12.3 Å². The Balaban J connectivity index is 2.72. The molecule has 18 heavy (non-hydrogen) atoms. The lowest BCUT2D eigenvalue weighted by Gasteiger charge is -2.27. The van der Waals surface area contributed by atoms with E-state index in [-0.39, 0.29) is 11.0 Å². The van der Waals surface area contributed by atoms with E-state index in [1.807, 2.05) is 0 Å². The zero-order valence-electron chi connectivity index (χ0n) is 11.1. The van der Waals surface area contributed by atoms with Gasteiger partial charge in [-0.3, -0.25) is 0 Å². The number of anilines is 1. The van der Waals surface area contributed by atoms with Crippen LogP contribution in [0.3, 0.4) is 0 Å². The minimum Gasteiger partial charge on any atom is -0.478 e. The molecule has 2 N–H and O–H groups in total. The predicted octanol–water partition coefficient (Wildman–Crippen LogP) is 3.53. The van der Waals surface area contributed by atoms with Crippen LogP contribution in [0.4, 0.5) is 5.82 Å². The summed E-state index contributed by atoms with van der Waals surface area (Å²) in [6.45, 7) is 9.39. The Morgan fingerprint density at radius 2 is 2.17 bits per heavy atom. The molecule has 1 aromatic rings. The van der Waals surface area contributed by atoms with Crippen LogP contribution in [-0.2, 0) is 0 Å². The number of aromatic carboxylic acids is 1. The Hall–Kier alpha value is -1.29. The molecular formula is C13H19ClN2O2. The van der Waals surface area contributed by atoms with Crippen LogP contribution in [0.25, 0.3) is 0 Å². The number of carboxylic acid groups (broad SMARTS) is 1. The first-order valence-electron chi connectivity index (χ1n) is 5.84. The van der Waals surface area contributed by atoms with E-state index in [0.29, 0.717) is 16.8 Å². The lowest BCUT2D eigenvalue weighted by atomic mass is 9.82. The number of carbonyl (C=O) groups is 1. The van der Waals surface area contributed by atoms with E-state index in [9.17, 15) is 4.79 Å². The van der Waals surface area contributed by atoms with E-state index in [1.165, 1.54) is 12.3 Å². The molecule has 0 amide bonds. The van der Waals surface area contributed by atoms with Crippen molar-refractivity contribution in [3.8, 4) is 0 Å². The average molecular weight is 271 g/mol. The molecule has 0 aliphatic carbocycles. The molecule has 4 nitrogen and oxygen atoms in total. The zero-order valence-corrected chi connectivity index (χ0v) is 11.9. The topological polar surface area (TPSA) is 62.2 Å². The van der Waals surface area contributed by atoms with E-state index >= 15 is 0 Å². The van der Waals surface area contributed by atoms with E-state index in [0.717, 1.165) is 6.54 Å². The maximum absolute atomic E-state index is 10.7. The smallest absolute Gasteiger partial charge is 0.337 e. The summed E-state index contributed by atoms with van der Waals surface area (Å²) in [7, 11) is 0. The second-order valence-electron chi connectivity index (χ2n) is 5.51. The second-order valence-corrected chi connectivity index (χ2v) is 5.91. The van der Waals surface area contributed by atoms with Gasteiger partial charge in [-0.2, -0.15) is 0 Å². The summed E-state index contributed by atoms with van der Waals surface area (Å²) < 4.78 is 0. The Labute approximate surface area is 112 Å². The van der Waals surface area contributed by atoms with Gasteiger partial charge in [0.2, 0.25) is 0 Å². The molecule has 0 aliphatic heterocycles. The fourth-order valence-corrected chi connectivity index (χ4v) is 1.47. The van der Waals surface area contributed by atoms with Crippen molar-refractivity contribution in [3.05, 3.63) is 22.8 Å². The Bertz CT molecular complexity index is 441. The minimum absolute atomic E-state index is 0.0921. The zero-order chi connectivity index (χ0) is 13.9. The molecule has 1 aromatic heterocycles. The van der Waals surface area contributed by atoms with Gasteiger partial charge in [0.25, 0.3) is 0 Å². The second kappa shape index (κ2) is 5.57. The molecule has 1 unspecified atom stereocenters. The first-order valence-corrected chi connectivity index (χ1v) is 6.22. The summed E-state index contributed by atoms with van der Waals surface area (Å²) >= 11 is 5.98. The summed E-state index contributed by atoms with van der Waals surface area (Å²) in [5.74, 6) is -0.0636. The van der Waals surface area contributed by atoms with Crippen LogP contribution in [-0.4, -0.2) is 22.6 Å². The number of carboxylic acids is 1. The summed E-state index contributed by atoms with van der Waals surface area (Å²) in [5, 5.41) is 12.3. The molecule has 1 rings (SSSR count). The lowest BCUT2D eigenvalue weighted by Crippen LogP contribution is -2.25. The van der Waals surface area contributed by atoms with Crippen molar-refractivity contribution in [1.82, 2.24) is 4.98 Å². The van der Waals surface area contributed by atoms with Crippen LogP contribution < -0.4 is 5.32 Å². The number of aromatic nitrogens is 1. The molecule has 1 heterocycles. The van der Waals surface area contributed by atoms with Gasteiger partial charge in [-0.25, -0.2) is 9.78 Å². The fraction of sp³-hybridized carbons (Fsp3) is 0.538. The molecule has 0 aromatic carbocycles. The van der Waals surface area contributed by atoms with Crippen molar-refractivity contribution >= 4 is 23.4 Å². The largest absolute Gasteiger partial charge is 0.478 e. The van der Waals surface area contributed by atoms with Gasteiger partial charge < -0.3 is 10.4 Å². The fourth-order valence-electron chi connectivity index (χ4n) is 1.24. The van der Waals surface area contributed by atoms with Crippen molar-refractivity contribution in [2.45, 2.75) is 27.7 Å². The van der Waals surface area contributed by atoms with Gasteiger partial charge in [0.05, 0.1) is 10.6 Å². The molecule has 0 bridgehead atoms. The highest BCUT2D eigenvalue weighted by atomic mass is 35.5. The molecule has 0 aliphatic rings. The molecule has 0 radical (unpaired) electrons. The number of hydrogen-bond donors (Lipinski definition) is 2. The standard InChI is InChI=1S/C13H19ClN2O2/c1-8(13(2,3)4)6-15-11-10(14)5-9(7-16-11)12(17)18/h5,7-8H,6H2,1-4H3,(H,15,16)(H,17,18). The molecule has 0 spiro atoms. The summed E-state index contributed by atoms with van der Waals surface area (Å²) in [4.78, 5) is 14.8. The molecule has 5 heteroatoms. The van der Waals surface area contributed by atoms with Gasteiger partial charge in [-0.1, -0.05) is 39.3 Å². The van der Waals surface area contributed by atoms with Crippen molar-refractivity contribution < 1.29 is 9.90 Å². The monoisotopic (exact) mass is 270 g/mol. The number of hydrogen-bond acceptors (Lipinski definition) is 3. The highest BCUT2D eigenvalue weighted by molar-refractivity contribution is 6.33. The van der Waals surface area contributed by atoms with Gasteiger partial charge in [0, 0.05) is 12.7 Å². The number of halogens is 1. The highest BCUT2D eigenvalue weighted by Crippen LogP contribution is 2.26. The van der Waals surface area contributed by atoms with Crippen molar-refractivity contribution in [2.75, 3.05) is 11.9 Å². The summed E-state index contributed by atoms with van der Waals surface area (Å²) in [6.07, 6.45) is 1.30. The number of nitrogens with zero attached hydrogens (tertiary/aromatic N) is 1. The van der Waals surface area contributed by atoms with Gasteiger partial charge in [-0.15, -0.1) is 0 Å². The molecular weight excluding hydrogens is 252 g/mol. The third-order valence-electron chi connectivity index (χ3n) is 3.14. The molecule has 0 fully saturated rings. The quantitative estimate of drug-likeness (QED) is 0.879. The number of nitrogens with one attached hydrogen (secondary N) is 1. The minimum atomic E-state index is -1.03. The summed E-state index contributed by atoms with van der Waals surface area (Å²) in [6, 6.07) is 1.40. The first-order chi connectivity index (χ1) is 8.21. The molecule has 0 saturated heterocycles.